The van der Waals surface area contributed by atoms with Gasteiger partial charge >= 0.3 is 0 Å². The fraction of sp³-hybridized carbons (Fsp3) is 0.200. The van der Waals surface area contributed by atoms with Gasteiger partial charge in [-0.2, -0.15) is 0 Å². The monoisotopic (exact) mass is 497 g/mol. The van der Waals surface area contributed by atoms with Gasteiger partial charge in [0, 0.05) is 6.54 Å². The second-order valence-electron chi connectivity index (χ2n) is 8.87. The summed E-state index contributed by atoms with van der Waals surface area (Å²) in [5, 5.41) is 0.445. The second kappa shape index (κ2) is 9.85. The van der Waals surface area contributed by atoms with Crippen molar-refractivity contribution in [3.05, 3.63) is 112 Å². The average molecular weight is 498 g/mol. The summed E-state index contributed by atoms with van der Waals surface area (Å²) in [6, 6.07) is 17.6. The van der Waals surface area contributed by atoms with Gasteiger partial charge in [-0.1, -0.05) is 42.5 Å². The van der Waals surface area contributed by atoms with Crippen molar-refractivity contribution in [1.82, 2.24) is 4.90 Å². The molecule has 1 atom stereocenters. The number of aryl methyl sites for hydroxylation is 1. The van der Waals surface area contributed by atoms with Gasteiger partial charge in [-0.25, -0.2) is 0 Å². The highest BCUT2D eigenvalue weighted by Crippen LogP contribution is 2.41. The van der Waals surface area contributed by atoms with Crippen LogP contribution in [0.2, 0.25) is 0 Å². The fourth-order valence-electron chi connectivity index (χ4n) is 4.69. The number of ether oxygens (including phenoxy) is 3. The first kappa shape index (κ1) is 24.2. The molecule has 0 N–H and O–H groups in total. The van der Waals surface area contributed by atoms with E-state index < -0.39 is 6.04 Å². The number of nitrogens with zero attached hydrogens (tertiary/aromatic N) is 1. The molecule has 3 aromatic carbocycles. The van der Waals surface area contributed by atoms with Crippen LogP contribution in [0, 0.1) is 6.92 Å². The maximum atomic E-state index is 13.8. The van der Waals surface area contributed by atoms with E-state index in [1.807, 2.05) is 43.3 Å². The van der Waals surface area contributed by atoms with Crippen LogP contribution in [0.15, 0.2) is 82.5 Å². The highest BCUT2D eigenvalue weighted by molar-refractivity contribution is 5.99. The third-order valence-electron chi connectivity index (χ3n) is 6.49. The molecule has 0 aliphatic carbocycles. The summed E-state index contributed by atoms with van der Waals surface area (Å²) in [6.45, 7) is 6.18. The molecule has 7 heteroatoms. The largest absolute Gasteiger partial charge is 0.497 e. The lowest BCUT2D eigenvalue weighted by Gasteiger charge is -2.26. The van der Waals surface area contributed by atoms with Gasteiger partial charge in [-0.3, -0.25) is 9.59 Å². The van der Waals surface area contributed by atoms with Crippen molar-refractivity contribution in [3.8, 4) is 17.2 Å². The molecule has 1 aliphatic rings. The Balaban J connectivity index is 1.67. The van der Waals surface area contributed by atoms with Gasteiger partial charge in [0.15, 0.2) is 16.9 Å². The van der Waals surface area contributed by atoms with Crippen molar-refractivity contribution >= 4 is 16.9 Å². The minimum Gasteiger partial charge on any atom is -0.497 e. The van der Waals surface area contributed by atoms with E-state index in [4.69, 9.17) is 18.6 Å². The smallest absolute Gasteiger partial charge is 0.291 e. The summed E-state index contributed by atoms with van der Waals surface area (Å²) in [6.07, 6.45) is 1.65. The van der Waals surface area contributed by atoms with Gasteiger partial charge < -0.3 is 23.5 Å². The van der Waals surface area contributed by atoms with Crippen LogP contribution < -0.4 is 19.6 Å². The molecule has 1 amide bonds. The molecule has 0 spiro atoms. The summed E-state index contributed by atoms with van der Waals surface area (Å²) in [4.78, 5) is 29.2. The Morgan fingerprint density at radius 2 is 1.76 bits per heavy atom. The van der Waals surface area contributed by atoms with E-state index in [-0.39, 0.29) is 23.6 Å². The predicted molar refractivity (Wildman–Crippen MR) is 141 cm³/mol. The third-order valence-corrected chi connectivity index (χ3v) is 6.49. The minimum atomic E-state index is -0.673. The van der Waals surface area contributed by atoms with Crippen molar-refractivity contribution in [2.45, 2.75) is 19.5 Å². The molecule has 1 aromatic heterocycles. The topological polar surface area (TPSA) is 78.2 Å². The molecule has 1 aliphatic heterocycles. The Kier molecular flexibility index (Phi) is 6.44. The molecule has 0 radical (unpaired) electrons. The number of benzene rings is 3. The fourth-order valence-corrected chi connectivity index (χ4v) is 4.69. The van der Waals surface area contributed by atoms with Crippen LogP contribution in [0.4, 0.5) is 0 Å². The van der Waals surface area contributed by atoms with Crippen LogP contribution in [0.1, 0.15) is 38.9 Å². The molecule has 0 saturated heterocycles. The van der Waals surface area contributed by atoms with Crippen LogP contribution >= 0.6 is 0 Å². The van der Waals surface area contributed by atoms with Gasteiger partial charge in [0.25, 0.3) is 5.91 Å². The Labute approximate surface area is 214 Å². The van der Waals surface area contributed by atoms with E-state index in [1.54, 1.807) is 49.5 Å². The number of carbonyl (C=O) groups is 1. The molecule has 0 fully saturated rings. The van der Waals surface area contributed by atoms with Crippen LogP contribution in [-0.4, -0.2) is 31.6 Å². The highest BCUT2D eigenvalue weighted by atomic mass is 16.5. The Hall–Kier alpha value is -4.52. The maximum Gasteiger partial charge on any atom is 0.291 e. The lowest BCUT2D eigenvalue weighted by molar-refractivity contribution is 0.0714. The van der Waals surface area contributed by atoms with E-state index in [0.717, 1.165) is 16.9 Å². The zero-order valence-corrected chi connectivity index (χ0v) is 20.9. The van der Waals surface area contributed by atoms with Crippen molar-refractivity contribution < 1.29 is 23.4 Å². The van der Waals surface area contributed by atoms with Crippen molar-refractivity contribution in [2.24, 2.45) is 0 Å². The standard InChI is InChI=1S/C30H27NO6/c1-5-14-36-24-13-9-20(16-25(24)35-4)27-26-28(32)22-15-18(2)6-12-23(22)37-29(26)30(33)31(27)17-19-7-10-21(34-3)11-8-19/h5-13,15-16,27H,1,14,17H2,2-4H3. The second-order valence-corrected chi connectivity index (χ2v) is 8.87. The number of hydrogen-bond donors (Lipinski definition) is 0. The quantitative estimate of drug-likeness (QED) is 0.302. The number of hydrogen-bond acceptors (Lipinski definition) is 6. The number of fused-ring (bicyclic) bond motifs is 2. The first-order chi connectivity index (χ1) is 17.9. The van der Waals surface area contributed by atoms with E-state index in [9.17, 15) is 9.59 Å². The summed E-state index contributed by atoms with van der Waals surface area (Å²) < 4.78 is 22.6. The Bertz CT molecular complexity index is 1550. The van der Waals surface area contributed by atoms with Gasteiger partial charge in [-0.05, 0) is 54.4 Å². The molecular weight excluding hydrogens is 470 g/mol. The first-order valence-electron chi connectivity index (χ1n) is 11.9. The molecule has 0 bridgehead atoms. The van der Waals surface area contributed by atoms with E-state index in [0.29, 0.717) is 40.2 Å². The van der Waals surface area contributed by atoms with E-state index >= 15 is 0 Å². The number of methoxy groups -OCH3 is 2. The number of carbonyl (C=O) groups excluding carboxylic acids is 1. The van der Waals surface area contributed by atoms with Crippen LogP contribution in [0.3, 0.4) is 0 Å². The minimum absolute atomic E-state index is 0.0609. The molecule has 5 rings (SSSR count). The summed E-state index contributed by atoms with van der Waals surface area (Å²) in [7, 11) is 3.15. The van der Waals surface area contributed by atoms with Gasteiger partial charge in [0.2, 0.25) is 5.76 Å². The molecule has 37 heavy (non-hydrogen) atoms. The zero-order valence-electron chi connectivity index (χ0n) is 20.9. The number of amides is 1. The average Bonchev–Trinajstić information content (AvgIpc) is 3.19. The summed E-state index contributed by atoms with van der Waals surface area (Å²) in [5.74, 6) is 1.46. The molecule has 188 valence electrons. The first-order valence-corrected chi connectivity index (χ1v) is 11.9. The highest BCUT2D eigenvalue weighted by Gasteiger charge is 2.43. The Morgan fingerprint density at radius 1 is 0.973 bits per heavy atom. The van der Waals surface area contributed by atoms with Crippen LogP contribution in [0.5, 0.6) is 17.2 Å². The van der Waals surface area contributed by atoms with Crippen molar-refractivity contribution in [1.29, 1.82) is 0 Å². The maximum absolute atomic E-state index is 13.8. The lowest BCUT2D eigenvalue weighted by Crippen LogP contribution is -2.29. The molecule has 0 saturated carbocycles. The number of rotatable bonds is 8. The van der Waals surface area contributed by atoms with Gasteiger partial charge in [0.1, 0.15) is 17.9 Å². The lowest BCUT2D eigenvalue weighted by atomic mass is 9.97. The van der Waals surface area contributed by atoms with E-state index in [2.05, 4.69) is 6.58 Å². The molecule has 1 unspecified atom stereocenters. The Morgan fingerprint density at radius 3 is 2.46 bits per heavy atom. The van der Waals surface area contributed by atoms with Crippen LogP contribution in [-0.2, 0) is 6.54 Å². The molecular formula is C30H27NO6. The van der Waals surface area contributed by atoms with Gasteiger partial charge in [-0.15, -0.1) is 0 Å². The van der Waals surface area contributed by atoms with Crippen molar-refractivity contribution in [2.75, 3.05) is 20.8 Å². The summed E-state index contributed by atoms with van der Waals surface area (Å²) in [5.41, 5.74) is 3.01. The molecule has 7 nitrogen and oxygen atoms in total. The third kappa shape index (κ3) is 4.33. The summed E-state index contributed by atoms with van der Waals surface area (Å²) >= 11 is 0. The van der Waals surface area contributed by atoms with Crippen molar-refractivity contribution in [3.63, 3.8) is 0 Å². The zero-order chi connectivity index (χ0) is 26.1. The van der Waals surface area contributed by atoms with E-state index in [1.165, 1.54) is 0 Å². The SMILES string of the molecule is C=CCOc1ccc(C2c3c(oc4ccc(C)cc4c3=O)C(=O)N2Cc2ccc(OC)cc2)cc1OC. The van der Waals surface area contributed by atoms with Gasteiger partial charge in [0.05, 0.1) is 31.2 Å². The molecule has 2 heterocycles. The van der Waals surface area contributed by atoms with Crippen LogP contribution in [0.25, 0.3) is 11.0 Å². The molecule has 4 aromatic rings. The normalized spacial score (nSPS) is 14.5. The predicted octanol–water partition coefficient (Wildman–Crippen LogP) is 5.43.